The molecule has 0 radical (unpaired) electrons. The maximum Gasteiger partial charge on any atom is 0.264 e. The second kappa shape index (κ2) is 5.28. The molecule has 1 aromatic carbocycles. The molecule has 2 aromatic rings. The average molecular weight is 383 g/mol. The average Bonchev–Trinajstić information content (AvgIpc) is 2.68. The highest BCUT2D eigenvalue weighted by molar-refractivity contribution is 9.10. The predicted molar refractivity (Wildman–Crippen MR) is 81.2 cm³/mol. The van der Waals surface area contributed by atoms with Gasteiger partial charge in [0, 0.05) is 21.8 Å². The molecule has 0 atom stereocenters. The minimum absolute atomic E-state index is 0.0228. The second-order valence-corrected chi connectivity index (χ2v) is 7.80. The Morgan fingerprint density at radius 1 is 1.47 bits per heavy atom. The van der Waals surface area contributed by atoms with E-state index in [9.17, 15) is 8.42 Å². The SMILES string of the molecule is Cc1cnc(NS(=O)(=O)c2cc(Cl)cc(N)c2Br)s1. The summed E-state index contributed by atoms with van der Waals surface area (Å²) in [6.07, 6.45) is 1.59. The molecule has 3 N–H and O–H groups in total. The monoisotopic (exact) mass is 381 g/mol. The van der Waals surface area contributed by atoms with E-state index in [1.165, 1.54) is 23.5 Å². The van der Waals surface area contributed by atoms with Crippen molar-refractivity contribution in [2.24, 2.45) is 0 Å². The number of hydrogen-bond donors (Lipinski definition) is 2. The van der Waals surface area contributed by atoms with Gasteiger partial charge in [0.1, 0.15) is 4.90 Å². The highest BCUT2D eigenvalue weighted by atomic mass is 79.9. The molecule has 0 unspecified atom stereocenters. The lowest BCUT2D eigenvalue weighted by molar-refractivity contribution is 0.601. The maximum absolute atomic E-state index is 12.2. The van der Waals surface area contributed by atoms with Gasteiger partial charge in [0.05, 0.1) is 4.47 Å². The summed E-state index contributed by atoms with van der Waals surface area (Å²) in [6, 6.07) is 2.79. The van der Waals surface area contributed by atoms with E-state index in [1.54, 1.807) is 6.20 Å². The summed E-state index contributed by atoms with van der Waals surface area (Å²) >= 11 is 10.2. The summed E-state index contributed by atoms with van der Waals surface area (Å²) < 4.78 is 27.2. The van der Waals surface area contributed by atoms with Gasteiger partial charge in [-0.2, -0.15) is 0 Å². The normalized spacial score (nSPS) is 11.5. The highest BCUT2D eigenvalue weighted by Crippen LogP contribution is 2.33. The molecule has 0 spiro atoms. The fourth-order valence-corrected chi connectivity index (χ4v) is 4.55. The van der Waals surface area contributed by atoms with E-state index in [4.69, 9.17) is 17.3 Å². The van der Waals surface area contributed by atoms with Gasteiger partial charge in [-0.1, -0.05) is 11.6 Å². The first-order valence-electron chi connectivity index (χ1n) is 4.99. The number of nitrogens with zero attached hydrogens (tertiary/aromatic N) is 1. The molecule has 5 nitrogen and oxygen atoms in total. The summed E-state index contributed by atoms with van der Waals surface area (Å²) in [4.78, 5) is 4.83. The molecular weight excluding hydrogens is 374 g/mol. The molecule has 9 heteroatoms. The van der Waals surface area contributed by atoms with Crippen LogP contribution in [0.1, 0.15) is 4.88 Å². The van der Waals surface area contributed by atoms with Crippen molar-refractivity contribution in [3.8, 4) is 0 Å². The minimum atomic E-state index is -3.79. The van der Waals surface area contributed by atoms with Crippen LogP contribution >= 0.6 is 38.9 Å². The molecule has 0 bridgehead atoms. The Morgan fingerprint density at radius 2 is 2.16 bits per heavy atom. The fraction of sp³-hybridized carbons (Fsp3) is 0.100. The molecule has 19 heavy (non-hydrogen) atoms. The van der Waals surface area contributed by atoms with Crippen LogP contribution in [0.4, 0.5) is 10.8 Å². The van der Waals surface area contributed by atoms with Gasteiger partial charge in [-0.3, -0.25) is 4.72 Å². The van der Waals surface area contributed by atoms with Crippen LogP contribution in [0.3, 0.4) is 0 Å². The number of nitrogen functional groups attached to an aromatic ring is 1. The van der Waals surface area contributed by atoms with Crippen LogP contribution in [0.25, 0.3) is 0 Å². The first kappa shape index (κ1) is 14.6. The number of aryl methyl sites for hydroxylation is 1. The van der Waals surface area contributed by atoms with Crippen LogP contribution < -0.4 is 10.5 Å². The number of halogens is 2. The van der Waals surface area contributed by atoms with Gasteiger partial charge < -0.3 is 5.73 Å². The van der Waals surface area contributed by atoms with Crippen LogP contribution in [-0.4, -0.2) is 13.4 Å². The van der Waals surface area contributed by atoms with Gasteiger partial charge >= 0.3 is 0 Å². The van der Waals surface area contributed by atoms with Crippen molar-refractivity contribution in [3.63, 3.8) is 0 Å². The van der Waals surface area contributed by atoms with Crippen molar-refractivity contribution in [2.75, 3.05) is 10.5 Å². The Labute approximate surface area is 128 Å². The third kappa shape index (κ3) is 3.19. The number of thiazole rings is 1. The summed E-state index contributed by atoms with van der Waals surface area (Å²) in [7, 11) is -3.79. The first-order chi connectivity index (χ1) is 8.79. The number of rotatable bonds is 3. The van der Waals surface area contributed by atoms with Crippen molar-refractivity contribution in [1.29, 1.82) is 0 Å². The Balaban J connectivity index is 2.45. The summed E-state index contributed by atoms with van der Waals surface area (Å²) in [5.41, 5.74) is 5.93. The van der Waals surface area contributed by atoms with Gasteiger partial charge in [0.25, 0.3) is 10.0 Å². The van der Waals surface area contributed by atoms with E-state index < -0.39 is 10.0 Å². The number of anilines is 2. The lowest BCUT2D eigenvalue weighted by Crippen LogP contribution is -2.14. The highest BCUT2D eigenvalue weighted by Gasteiger charge is 2.21. The van der Waals surface area contributed by atoms with Crippen molar-refractivity contribution in [3.05, 3.63) is 32.7 Å². The third-order valence-electron chi connectivity index (χ3n) is 2.16. The maximum atomic E-state index is 12.2. The zero-order valence-electron chi connectivity index (χ0n) is 9.65. The van der Waals surface area contributed by atoms with Crippen LogP contribution in [-0.2, 0) is 10.0 Å². The lowest BCUT2D eigenvalue weighted by Gasteiger charge is -2.09. The molecule has 2 rings (SSSR count). The lowest BCUT2D eigenvalue weighted by atomic mass is 10.3. The fourth-order valence-electron chi connectivity index (χ4n) is 1.35. The van der Waals surface area contributed by atoms with Gasteiger partial charge in [-0.15, -0.1) is 11.3 Å². The van der Waals surface area contributed by atoms with Crippen molar-refractivity contribution < 1.29 is 8.42 Å². The molecular formula is C10H9BrClN3O2S2. The molecule has 0 saturated heterocycles. The zero-order chi connectivity index (χ0) is 14.2. The molecule has 0 amide bonds. The van der Waals surface area contributed by atoms with E-state index in [-0.39, 0.29) is 20.1 Å². The zero-order valence-corrected chi connectivity index (χ0v) is 13.6. The molecule has 0 aliphatic rings. The molecule has 0 fully saturated rings. The standard InChI is InChI=1S/C10H9BrClN3O2S2/c1-5-4-14-10(18-5)15-19(16,17)8-3-6(12)2-7(13)9(8)11/h2-4H,13H2,1H3,(H,14,15). The number of nitrogens with two attached hydrogens (primary N) is 1. The molecule has 1 heterocycles. The number of hydrogen-bond acceptors (Lipinski definition) is 5. The van der Waals surface area contributed by atoms with E-state index >= 15 is 0 Å². The van der Waals surface area contributed by atoms with E-state index in [0.29, 0.717) is 5.13 Å². The van der Waals surface area contributed by atoms with Crippen LogP contribution in [0.5, 0.6) is 0 Å². The van der Waals surface area contributed by atoms with Crippen molar-refractivity contribution in [2.45, 2.75) is 11.8 Å². The topological polar surface area (TPSA) is 85.1 Å². The number of aromatic nitrogens is 1. The number of benzene rings is 1. The summed E-state index contributed by atoms with van der Waals surface area (Å²) in [6.45, 7) is 1.84. The first-order valence-corrected chi connectivity index (χ1v) is 8.46. The largest absolute Gasteiger partial charge is 0.398 e. The Bertz CT molecular complexity index is 730. The Kier molecular flexibility index (Phi) is 4.05. The predicted octanol–water partition coefficient (Wildman–Crippen LogP) is 3.25. The second-order valence-electron chi connectivity index (χ2n) is 3.69. The molecule has 102 valence electrons. The van der Waals surface area contributed by atoms with Gasteiger partial charge in [-0.05, 0) is 35.0 Å². The van der Waals surface area contributed by atoms with E-state index in [1.807, 2.05) is 6.92 Å². The Hall–Kier alpha value is -0.830. The van der Waals surface area contributed by atoms with Crippen molar-refractivity contribution in [1.82, 2.24) is 4.98 Å². The smallest absolute Gasteiger partial charge is 0.264 e. The molecule has 0 saturated carbocycles. The summed E-state index contributed by atoms with van der Waals surface area (Å²) in [5.74, 6) is 0. The molecule has 0 aliphatic carbocycles. The van der Waals surface area contributed by atoms with Crippen LogP contribution in [0.15, 0.2) is 27.7 Å². The molecule has 0 aliphatic heterocycles. The quantitative estimate of drug-likeness (QED) is 0.798. The Morgan fingerprint density at radius 3 is 2.74 bits per heavy atom. The van der Waals surface area contributed by atoms with E-state index in [0.717, 1.165) is 4.88 Å². The van der Waals surface area contributed by atoms with Gasteiger partial charge in [0.15, 0.2) is 5.13 Å². The van der Waals surface area contributed by atoms with Crippen LogP contribution in [0.2, 0.25) is 5.02 Å². The van der Waals surface area contributed by atoms with E-state index in [2.05, 4.69) is 25.6 Å². The van der Waals surface area contributed by atoms with Crippen LogP contribution in [0, 0.1) is 6.92 Å². The number of sulfonamides is 1. The summed E-state index contributed by atoms with van der Waals surface area (Å²) in [5, 5.41) is 0.541. The van der Waals surface area contributed by atoms with Gasteiger partial charge in [-0.25, -0.2) is 13.4 Å². The molecule has 1 aromatic heterocycles. The van der Waals surface area contributed by atoms with Gasteiger partial charge in [0.2, 0.25) is 0 Å². The number of nitrogens with one attached hydrogen (secondary N) is 1. The minimum Gasteiger partial charge on any atom is -0.398 e. The third-order valence-corrected chi connectivity index (χ3v) is 5.85. The van der Waals surface area contributed by atoms with Crippen molar-refractivity contribution >= 4 is 59.7 Å².